The standard InChI is InChI=1S/C11H19ClO3/c1-9(11(14)15)7-5-3-2-4-6-8-10(12)13/h9H,2-8H2,1H3,(H,14,15)/p-1. The van der Waals surface area contributed by atoms with Gasteiger partial charge in [0.1, 0.15) is 0 Å². The maximum Gasteiger partial charge on any atom is 0.221 e. The van der Waals surface area contributed by atoms with Crippen LogP contribution in [0.5, 0.6) is 0 Å². The van der Waals surface area contributed by atoms with Crippen molar-refractivity contribution in [1.82, 2.24) is 0 Å². The van der Waals surface area contributed by atoms with Crippen LogP contribution in [-0.2, 0) is 9.59 Å². The molecule has 0 N–H and O–H groups in total. The zero-order valence-corrected chi connectivity index (χ0v) is 9.89. The van der Waals surface area contributed by atoms with Gasteiger partial charge < -0.3 is 9.90 Å². The summed E-state index contributed by atoms with van der Waals surface area (Å²) in [6, 6.07) is 0. The number of aliphatic carboxylic acids is 1. The van der Waals surface area contributed by atoms with Gasteiger partial charge in [-0.25, -0.2) is 0 Å². The zero-order chi connectivity index (χ0) is 11.7. The second-order valence-corrected chi connectivity index (χ2v) is 4.30. The Morgan fingerprint density at radius 3 is 2.20 bits per heavy atom. The van der Waals surface area contributed by atoms with Gasteiger partial charge in [-0.3, -0.25) is 4.79 Å². The van der Waals surface area contributed by atoms with E-state index in [1.165, 1.54) is 0 Å². The molecule has 0 aromatic rings. The lowest BCUT2D eigenvalue weighted by Gasteiger charge is -2.11. The van der Waals surface area contributed by atoms with E-state index in [4.69, 9.17) is 11.6 Å². The molecule has 4 heteroatoms. The van der Waals surface area contributed by atoms with E-state index in [1.54, 1.807) is 6.92 Å². The first-order valence-corrected chi connectivity index (χ1v) is 5.81. The molecular formula is C11H18ClO3-. The fraction of sp³-hybridized carbons (Fsp3) is 0.818. The van der Waals surface area contributed by atoms with Gasteiger partial charge in [-0.2, -0.15) is 0 Å². The Morgan fingerprint density at radius 2 is 1.67 bits per heavy atom. The second-order valence-electron chi connectivity index (χ2n) is 3.88. The van der Waals surface area contributed by atoms with Gasteiger partial charge in [-0.1, -0.05) is 32.6 Å². The third-order valence-electron chi connectivity index (χ3n) is 2.41. The molecule has 0 aliphatic heterocycles. The minimum Gasteiger partial charge on any atom is -0.550 e. The molecule has 0 heterocycles. The molecular weight excluding hydrogens is 216 g/mol. The Morgan fingerprint density at radius 1 is 1.13 bits per heavy atom. The number of rotatable bonds is 9. The summed E-state index contributed by atoms with van der Waals surface area (Å²) in [5.74, 6) is -1.32. The number of carboxylic acid groups (broad SMARTS) is 1. The maximum absolute atomic E-state index is 10.4. The number of hydrogen-bond acceptors (Lipinski definition) is 3. The molecule has 0 aromatic carbocycles. The Hall–Kier alpha value is -0.570. The molecule has 1 unspecified atom stereocenters. The molecule has 0 aromatic heterocycles. The summed E-state index contributed by atoms with van der Waals surface area (Å²) in [5.41, 5.74) is 0. The summed E-state index contributed by atoms with van der Waals surface area (Å²) >= 11 is 5.18. The lowest BCUT2D eigenvalue weighted by molar-refractivity contribution is -0.311. The third-order valence-corrected chi connectivity index (χ3v) is 2.60. The Bertz CT molecular complexity index is 204. The smallest absolute Gasteiger partial charge is 0.221 e. The topological polar surface area (TPSA) is 57.2 Å². The van der Waals surface area contributed by atoms with Gasteiger partial charge in [0, 0.05) is 12.4 Å². The highest BCUT2D eigenvalue weighted by Crippen LogP contribution is 2.11. The Labute approximate surface area is 95.8 Å². The van der Waals surface area contributed by atoms with E-state index in [0.717, 1.165) is 32.1 Å². The average molecular weight is 234 g/mol. The molecule has 0 saturated carbocycles. The van der Waals surface area contributed by atoms with E-state index in [0.29, 0.717) is 12.8 Å². The van der Waals surface area contributed by atoms with Gasteiger partial charge in [0.2, 0.25) is 5.24 Å². The maximum atomic E-state index is 10.4. The molecule has 15 heavy (non-hydrogen) atoms. The Balaban J connectivity index is 3.18. The molecule has 0 bridgehead atoms. The van der Waals surface area contributed by atoms with Crippen molar-refractivity contribution in [2.24, 2.45) is 5.92 Å². The monoisotopic (exact) mass is 233 g/mol. The average Bonchev–Trinajstić information content (AvgIpc) is 2.15. The van der Waals surface area contributed by atoms with Crippen molar-refractivity contribution in [3.63, 3.8) is 0 Å². The van der Waals surface area contributed by atoms with Gasteiger partial charge in [-0.15, -0.1) is 0 Å². The van der Waals surface area contributed by atoms with E-state index in [2.05, 4.69) is 0 Å². The van der Waals surface area contributed by atoms with Gasteiger partial charge in [0.25, 0.3) is 0 Å². The lowest BCUT2D eigenvalue weighted by atomic mass is 10.0. The number of hydrogen-bond donors (Lipinski definition) is 0. The van der Waals surface area contributed by atoms with Crippen LogP contribution in [0, 0.1) is 5.92 Å². The zero-order valence-electron chi connectivity index (χ0n) is 9.13. The molecule has 0 radical (unpaired) electrons. The van der Waals surface area contributed by atoms with Crippen LogP contribution in [0.15, 0.2) is 0 Å². The molecule has 0 aliphatic carbocycles. The van der Waals surface area contributed by atoms with Crippen LogP contribution in [0.3, 0.4) is 0 Å². The largest absolute Gasteiger partial charge is 0.550 e. The first kappa shape index (κ1) is 14.4. The molecule has 0 spiro atoms. The van der Waals surface area contributed by atoms with E-state index >= 15 is 0 Å². The van der Waals surface area contributed by atoms with Crippen LogP contribution in [0.2, 0.25) is 0 Å². The first-order valence-electron chi connectivity index (χ1n) is 5.43. The van der Waals surface area contributed by atoms with Crippen LogP contribution >= 0.6 is 11.6 Å². The minimum absolute atomic E-state index is 0.277. The SMILES string of the molecule is CC(CCCCCCCC(=O)Cl)C(=O)[O-]. The van der Waals surface area contributed by atoms with Crippen molar-refractivity contribution >= 4 is 22.8 Å². The van der Waals surface area contributed by atoms with E-state index in [1.807, 2.05) is 0 Å². The van der Waals surface area contributed by atoms with Crippen molar-refractivity contribution in [1.29, 1.82) is 0 Å². The normalized spacial score (nSPS) is 12.4. The van der Waals surface area contributed by atoms with Crippen molar-refractivity contribution in [3.8, 4) is 0 Å². The predicted molar refractivity (Wildman–Crippen MR) is 57.4 cm³/mol. The molecule has 0 rings (SSSR count). The summed E-state index contributed by atoms with van der Waals surface area (Å²) < 4.78 is 0. The molecule has 3 nitrogen and oxygen atoms in total. The first-order chi connectivity index (χ1) is 7.04. The van der Waals surface area contributed by atoms with Crippen LogP contribution < -0.4 is 5.11 Å². The van der Waals surface area contributed by atoms with Crippen LogP contribution in [0.25, 0.3) is 0 Å². The van der Waals surface area contributed by atoms with Crippen molar-refractivity contribution in [2.45, 2.75) is 51.9 Å². The fourth-order valence-electron chi connectivity index (χ4n) is 1.36. The molecule has 0 aliphatic rings. The molecule has 88 valence electrons. The molecule has 0 amide bonds. The van der Waals surface area contributed by atoms with E-state index < -0.39 is 5.97 Å². The van der Waals surface area contributed by atoms with Gasteiger partial charge in [-0.05, 0) is 30.4 Å². The van der Waals surface area contributed by atoms with Crippen LogP contribution in [0.1, 0.15) is 51.9 Å². The van der Waals surface area contributed by atoms with Gasteiger partial charge >= 0.3 is 0 Å². The molecule has 0 saturated heterocycles. The number of carbonyl (C=O) groups is 2. The van der Waals surface area contributed by atoms with Crippen molar-refractivity contribution in [3.05, 3.63) is 0 Å². The molecule has 0 fully saturated rings. The summed E-state index contributed by atoms with van der Waals surface area (Å²) in [6.07, 6.45) is 5.88. The summed E-state index contributed by atoms with van der Waals surface area (Å²) in [6.45, 7) is 1.67. The lowest BCUT2D eigenvalue weighted by Crippen LogP contribution is -2.29. The van der Waals surface area contributed by atoms with Crippen molar-refractivity contribution < 1.29 is 14.7 Å². The summed E-state index contributed by atoms with van der Waals surface area (Å²) in [4.78, 5) is 20.8. The summed E-state index contributed by atoms with van der Waals surface area (Å²) in [7, 11) is 0. The van der Waals surface area contributed by atoms with Crippen LogP contribution in [0.4, 0.5) is 0 Å². The number of carbonyl (C=O) groups excluding carboxylic acids is 2. The highest BCUT2D eigenvalue weighted by Gasteiger charge is 2.02. The fourth-order valence-corrected chi connectivity index (χ4v) is 1.50. The van der Waals surface area contributed by atoms with Gasteiger partial charge in [0.15, 0.2) is 0 Å². The highest BCUT2D eigenvalue weighted by molar-refractivity contribution is 6.63. The van der Waals surface area contributed by atoms with Crippen molar-refractivity contribution in [2.75, 3.05) is 0 Å². The number of carboxylic acids is 1. The number of halogens is 1. The summed E-state index contributed by atoms with van der Waals surface area (Å²) in [5, 5.41) is 10.1. The highest BCUT2D eigenvalue weighted by atomic mass is 35.5. The van der Waals surface area contributed by atoms with Gasteiger partial charge in [0.05, 0.1) is 0 Å². The number of unbranched alkanes of at least 4 members (excludes halogenated alkanes) is 4. The quantitative estimate of drug-likeness (QED) is 0.451. The predicted octanol–water partition coefficient (Wildman–Crippen LogP) is 1.87. The van der Waals surface area contributed by atoms with E-state index in [-0.39, 0.29) is 11.2 Å². The molecule has 1 atom stereocenters. The minimum atomic E-state index is -0.970. The Kier molecular flexibility index (Phi) is 8.38. The van der Waals surface area contributed by atoms with Crippen LogP contribution in [-0.4, -0.2) is 11.2 Å². The second kappa shape index (κ2) is 8.72. The van der Waals surface area contributed by atoms with E-state index in [9.17, 15) is 14.7 Å². The third kappa shape index (κ3) is 9.73.